The fraction of sp³-hybridized carbons (Fsp3) is 0.0667. The van der Waals surface area contributed by atoms with Crippen molar-refractivity contribution >= 4 is 22.5 Å². The van der Waals surface area contributed by atoms with E-state index >= 15 is 0 Å². The Labute approximate surface area is 119 Å². The van der Waals surface area contributed by atoms with Gasteiger partial charge in [0.15, 0.2) is 5.82 Å². The van der Waals surface area contributed by atoms with Crippen LogP contribution in [0.5, 0.6) is 0 Å². The minimum absolute atomic E-state index is 0.0514. The SMILES string of the molecule is Cc1ccc(F)c2c(Cl)nc(-c3ccc(F)cc3)nc12. The van der Waals surface area contributed by atoms with Crippen LogP contribution >= 0.6 is 11.6 Å². The second-order valence-electron chi connectivity index (χ2n) is 4.43. The Balaban J connectivity index is 2.29. The first-order valence-corrected chi connectivity index (χ1v) is 6.32. The molecule has 0 unspecified atom stereocenters. The molecule has 3 aromatic rings. The topological polar surface area (TPSA) is 25.8 Å². The van der Waals surface area contributed by atoms with E-state index in [9.17, 15) is 8.78 Å². The number of rotatable bonds is 1. The maximum atomic E-state index is 13.8. The highest BCUT2D eigenvalue weighted by atomic mass is 35.5. The van der Waals surface area contributed by atoms with Gasteiger partial charge in [0.2, 0.25) is 0 Å². The molecule has 20 heavy (non-hydrogen) atoms. The third-order valence-electron chi connectivity index (χ3n) is 3.06. The zero-order valence-corrected chi connectivity index (χ0v) is 11.2. The lowest BCUT2D eigenvalue weighted by molar-refractivity contribution is 0.628. The molecule has 0 aliphatic carbocycles. The highest BCUT2D eigenvalue weighted by Crippen LogP contribution is 2.28. The number of nitrogens with zero attached hydrogens (tertiary/aromatic N) is 2. The molecule has 0 spiro atoms. The van der Waals surface area contributed by atoms with Crippen LogP contribution in [0.2, 0.25) is 5.15 Å². The molecule has 0 bridgehead atoms. The predicted octanol–water partition coefficient (Wildman–Crippen LogP) is 4.54. The zero-order valence-electron chi connectivity index (χ0n) is 10.5. The van der Waals surface area contributed by atoms with Crippen LogP contribution in [0.25, 0.3) is 22.3 Å². The minimum atomic E-state index is -0.457. The lowest BCUT2D eigenvalue weighted by Crippen LogP contribution is -1.96. The molecule has 0 N–H and O–H groups in total. The Bertz CT molecular complexity index is 801. The van der Waals surface area contributed by atoms with E-state index in [1.165, 1.54) is 18.2 Å². The molecule has 0 aliphatic rings. The Morgan fingerprint density at radius 1 is 0.950 bits per heavy atom. The molecule has 0 aliphatic heterocycles. The highest BCUT2D eigenvalue weighted by molar-refractivity contribution is 6.34. The lowest BCUT2D eigenvalue weighted by Gasteiger charge is -2.07. The van der Waals surface area contributed by atoms with Gasteiger partial charge in [0, 0.05) is 5.56 Å². The number of halogens is 3. The van der Waals surface area contributed by atoms with Crippen LogP contribution < -0.4 is 0 Å². The van der Waals surface area contributed by atoms with Crippen molar-refractivity contribution in [3.05, 3.63) is 58.7 Å². The minimum Gasteiger partial charge on any atom is -0.228 e. The van der Waals surface area contributed by atoms with Crippen LogP contribution in [0.15, 0.2) is 36.4 Å². The normalized spacial score (nSPS) is 11.0. The van der Waals surface area contributed by atoms with E-state index in [1.54, 1.807) is 18.2 Å². The Morgan fingerprint density at radius 2 is 1.65 bits per heavy atom. The fourth-order valence-corrected chi connectivity index (χ4v) is 2.28. The summed E-state index contributed by atoms with van der Waals surface area (Å²) in [5, 5.41) is 0.257. The third kappa shape index (κ3) is 2.12. The highest BCUT2D eigenvalue weighted by Gasteiger charge is 2.13. The van der Waals surface area contributed by atoms with Crippen LogP contribution in [0, 0.1) is 18.6 Å². The van der Waals surface area contributed by atoms with E-state index in [0.29, 0.717) is 16.9 Å². The van der Waals surface area contributed by atoms with E-state index in [-0.39, 0.29) is 16.4 Å². The van der Waals surface area contributed by atoms with E-state index in [1.807, 2.05) is 6.92 Å². The van der Waals surface area contributed by atoms with Crippen LogP contribution in [0.4, 0.5) is 8.78 Å². The quantitative estimate of drug-likeness (QED) is 0.615. The lowest BCUT2D eigenvalue weighted by atomic mass is 10.1. The van der Waals surface area contributed by atoms with Crippen molar-refractivity contribution in [2.45, 2.75) is 6.92 Å². The molecule has 0 fully saturated rings. The molecule has 0 saturated heterocycles. The molecule has 3 rings (SSSR count). The Kier molecular flexibility index (Phi) is 3.10. The summed E-state index contributed by atoms with van der Waals surface area (Å²) in [6.45, 7) is 1.82. The van der Waals surface area contributed by atoms with Gasteiger partial charge in [-0.25, -0.2) is 18.7 Å². The molecule has 5 heteroatoms. The second kappa shape index (κ2) is 4.80. The van der Waals surface area contributed by atoms with Gasteiger partial charge < -0.3 is 0 Å². The van der Waals surface area contributed by atoms with Crippen LogP contribution in [-0.4, -0.2) is 9.97 Å². The van der Waals surface area contributed by atoms with Crippen molar-refractivity contribution in [1.82, 2.24) is 9.97 Å². The number of hydrogen-bond acceptors (Lipinski definition) is 2. The zero-order chi connectivity index (χ0) is 14.3. The molecule has 0 amide bonds. The summed E-state index contributed by atoms with van der Waals surface area (Å²) in [7, 11) is 0. The Morgan fingerprint density at radius 3 is 2.35 bits per heavy atom. The number of aromatic nitrogens is 2. The summed E-state index contributed by atoms with van der Waals surface area (Å²) in [5.41, 5.74) is 1.89. The second-order valence-corrected chi connectivity index (χ2v) is 4.79. The van der Waals surface area contributed by atoms with Crippen molar-refractivity contribution in [3.8, 4) is 11.4 Å². The van der Waals surface area contributed by atoms with Gasteiger partial charge in [-0.15, -0.1) is 0 Å². The van der Waals surface area contributed by atoms with Crippen LogP contribution in [0.1, 0.15) is 5.56 Å². The van der Waals surface area contributed by atoms with Gasteiger partial charge in [0.1, 0.15) is 16.8 Å². The fourth-order valence-electron chi connectivity index (χ4n) is 2.02. The van der Waals surface area contributed by atoms with E-state index in [2.05, 4.69) is 9.97 Å². The van der Waals surface area contributed by atoms with E-state index < -0.39 is 5.82 Å². The van der Waals surface area contributed by atoms with Crippen molar-refractivity contribution in [1.29, 1.82) is 0 Å². The summed E-state index contributed by atoms with van der Waals surface area (Å²) in [5.74, 6) is -0.458. The largest absolute Gasteiger partial charge is 0.228 e. The van der Waals surface area contributed by atoms with Crippen molar-refractivity contribution < 1.29 is 8.78 Å². The third-order valence-corrected chi connectivity index (χ3v) is 3.33. The standard InChI is InChI=1S/C15H9ClF2N2/c1-8-2-7-11(18)12-13(8)19-15(20-14(12)16)9-3-5-10(17)6-4-9/h2-7H,1H3. The summed E-state index contributed by atoms with van der Waals surface area (Å²) >= 11 is 6.06. The molecule has 0 saturated carbocycles. The van der Waals surface area contributed by atoms with Gasteiger partial charge in [-0.05, 0) is 42.8 Å². The molecule has 0 radical (unpaired) electrons. The van der Waals surface area contributed by atoms with Crippen LogP contribution in [-0.2, 0) is 0 Å². The van der Waals surface area contributed by atoms with Gasteiger partial charge in [-0.1, -0.05) is 17.7 Å². The van der Waals surface area contributed by atoms with E-state index in [4.69, 9.17) is 11.6 Å². The maximum Gasteiger partial charge on any atom is 0.161 e. The van der Waals surface area contributed by atoms with Gasteiger partial charge in [-0.2, -0.15) is 0 Å². The summed E-state index contributed by atoms with van der Waals surface area (Å²) in [6.07, 6.45) is 0. The number of benzene rings is 2. The molecule has 0 atom stereocenters. The Hall–Kier alpha value is -2.07. The van der Waals surface area contributed by atoms with Gasteiger partial charge in [0.25, 0.3) is 0 Å². The number of hydrogen-bond donors (Lipinski definition) is 0. The first-order chi connectivity index (χ1) is 9.56. The molecule has 1 heterocycles. The monoisotopic (exact) mass is 290 g/mol. The summed E-state index contributed by atoms with van der Waals surface area (Å²) in [4.78, 5) is 8.43. The van der Waals surface area contributed by atoms with Crippen LogP contribution in [0.3, 0.4) is 0 Å². The van der Waals surface area contributed by atoms with Gasteiger partial charge in [-0.3, -0.25) is 0 Å². The number of fused-ring (bicyclic) bond motifs is 1. The number of aryl methyl sites for hydroxylation is 1. The molecular weight excluding hydrogens is 282 g/mol. The molecule has 100 valence electrons. The molecule has 2 nitrogen and oxygen atoms in total. The molecule has 1 aromatic heterocycles. The maximum absolute atomic E-state index is 13.8. The van der Waals surface area contributed by atoms with Gasteiger partial charge >= 0.3 is 0 Å². The van der Waals surface area contributed by atoms with E-state index in [0.717, 1.165) is 5.56 Å². The average molecular weight is 291 g/mol. The summed E-state index contributed by atoms with van der Waals surface area (Å²) in [6, 6.07) is 8.72. The first kappa shape index (κ1) is 12.9. The van der Waals surface area contributed by atoms with Gasteiger partial charge in [0.05, 0.1) is 10.9 Å². The smallest absolute Gasteiger partial charge is 0.161 e. The first-order valence-electron chi connectivity index (χ1n) is 5.94. The predicted molar refractivity (Wildman–Crippen MR) is 74.6 cm³/mol. The van der Waals surface area contributed by atoms with Crippen molar-refractivity contribution in [3.63, 3.8) is 0 Å². The molecular formula is C15H9ClF2N2. The average Bonchev–Trinajstić information content (AvgIpc) is 2.43. The molecule has 2 aromatic carbocycles. The summed E-state index contributed by atoms with van der Waals surface area (Å²) < 4.78 is 26.7. The van der Waals surface area contributed by atoms with Crippen molar-refractivity contribution in [2.24, 2.45) is 0 Å². The van der Waals surface area contributed by atoms with Crippen molar-refractivity contribution in [2.75, 3.05) is 0 Å².